The standard InChI is InChI=1S/C24H16ClF4N3O2/c25-16-2-1-3-17(10-16)34-13-14-4-6-15(7-5-14)24(33)30-21-8-9-32(31-21)12-18-22(28)19(26)11-20(27)23(18)29/h1-11H,12-13H2,(H,30,31,33). The lowest BCUT2D eigenvalue weighted by molar-refractivity contribution is 0.102. The molecule has 10 heteroatoms. The summed E-state index contributed by atoms with van der Waals surface area (Å²) in [6, 6.07) is 15.2. The third-order valence-electron chi connectivity index (χ3n) is 4.82. The highest BCUT2D eigenvalue weighted by molar-refractivity contribution is 6.30. The van der Waals surface area contributed by atoms with Crippen molar-refractivity contribution in [1.29, 1.82) is 0 Å². The first kappa shape index (κ1) is 23.3. The molecular formula is C24H16ClF4N3O2. The molecule has 0 unspecified atom stereocenters. The number of ether oxygens (including phenoxy) is 1. The number of halogens is 5. The molecule has 34 heavy (non-hydrogen) atoms. The maximum atomic E-state index is 13.9. The number of hydrogen-bond donors (Lipinski definition) is 1. The molecule has 1 N–H and O–H groups in total. The van der Waals surface area contributed by atoms with Crippen LogP contribution in [0.2, 0.25) is 5.02 Å². The topological polar surface area (TPSA) is 56.2 Å². The maximum absolute atomic E-state index is 13.9. The van der Waals surface area contributed by atoms with Gasteiger partial charge in [0.15, 0.2) is 29.1 Å². The molecule has 0 aliphatic carbocycles. The molecule has 174 valence electrons. The van der Waals surface area contributed by atoms with Gasteiger partial charge in [0.1, 0.15) is 12.4 Å². The third-order valence-corrected chi connectivity index (χ3v) is 5.06. The zero-order chi connectivity index (χ0) is 24.2. The summed E-state index contributed by atoms with van der Waals surface area (Å²) in [7, 11) is 0. The highest BCUT2D eigenvalue weighted by atomic mass is 35.5. The van der Waals surface area contributed by atoms with Crippen LogP contribution in [-0.4, -0.2) is 15.7 Å². The van der Waals surface area contributed by atoms with E-state index in [1.807, 2.05) is 0 Å². The average Bonchev–Trinajstić information content (AvgIpc) is 3.26. The molecule has 0 atom stereocenters. The Morgan fingerprint density at radius 1 is 0.971 bits per heavy atom. The number of carbonyl (C=O) groups is 1. The first-order valence-corrected chi connectivity index (χ1v) is 10.3. The minimum Gasteiger partial charge on any atom is -0.489 e. The van der Waals surface area contributed by atoms with E-state index in [0.717, 1.165) is 10.2 Å². The average molecular weight is 490 g/mol. The third kappa shape index (κ3) is 5.37. The molecule has 0 fully saturated rings. The smallest absolute Gasteiger partial charge is 0.256 e. The van der Waals surface area contributed by atoms with E-state index in [9.17, 15) is 22.4 Å². The highest BCUT2D eigenvalue weighted by Gasteiger charge is 2.20. The molecule has 4 aromatic rings. The van der Waals surface area contributed by atoms with Crippen molar-refractivity contribution in [2.75, 3.05) is 5.32 Å². The Morgan fingerprint density at radius 2 is 1.68 bits per heavy atom. The molecule has 0 saturated heterocycles. The molecule has 4 rings (SSSR count). The van der Waals surface area contributed by atoms with Crippen LogP contribution in [0, 0.1) is 23.3 Å². The quantitative estimate of drug-likeness (QED) is 0.257. The lowest BCUT2D eigenvalue weighted by Crippen LogP contribution is -2.13. The minimum absolute atomic E-state index is 0.0936. The molecule has 0 aliphatic heterocycles. The monoisotopic (exact) mass is 489 g/mol. The van der Waals surface area contributed by atoms with Gasteiger partial charge in [0.25, 0.3) is 5.91 Å². The fourth-order valence-electron chi connectivity index (χ4n) is 3.10. The fraction of sp³-hybridized carbons (Fsp3) is 0.0833. The number of amides is 1. The van der Waals surface area contributed by atoms with Gasteiger partial charge < -0.3 is 10.1 Å². The molecule has 1 amide bonds. The number of nitrogens with zero attached hydrogens (tertiary/aromatic N) is 2. The second kappa shape index (κ2) is 9.96. The molecular weight excluding hydrogens is 474 g/mol. The van der Waals surface area contributed by atoms with Crippen molar-refractivity contribution in [3.8, 4) is 5.75 Å². The van der Waals surface area contributed by atoms with Gasteiger partial charge in [-0.05, 0) is 35.9 Å². The van der Waals surface area contributed by atoms with Crippen LogP contribution in [0.25, 0.3) is 0 Å². The molecule has 5 nitrogen and oxygen atoms in total. The summed E-state index contributed by atoms with van der Waals surface area (Å²) in [5, 5.41) is 7.08. The van der Waals surface area contributed by atoms with Crippen molar-refractivity contribution in [2.24, 2.45) is 0 Å². The Labute approximate surface area is 196 Å². The number of rotatable bonds is 7. The Balaban J connectivity index is 1.37. The number of benzene rings is 3. The highest BCUT2D eigenvalue weighted by Crippen LogP contribution is 2.21. The van der Waals surface area contributed by atoms with E-state index >= 15 is 0 Å². The van der Waals surface area contributed by atoms with Gasteiger partial charge >= 0.3 is 0 Å². The molecule has 0 aliphatic rings. The van der Waals surface area contributed by atoms with Gasteiger partial charge in [-0.15, -0.1) is 0 Å². The van der Waals surface area contributed by atoms with Crippen LogP contribution in [0.4, 0.5) is 23.4 Å². The predicted octanol–water partition coefficient (Wildman–Crippen LogP) is 5.97. The van der Waals surface area contributed by atoms with E-state index in [-0.39, 0.29) is 18.5 Å². The van der Waals surface area contributed by atoms with Crippen molar-refractivity contribution in [2.45, 2.75) is 13.2 Å². The number of anilines is 1. The number of aromatic nitrogens is 2. The van der Waals surface area contributed by atoms with Gasteiger partial charge in [-0.1, -0.05) is 29.8 Å². The Hall–Kier alpha value is -3.85. The summed E-state index contributed by atoms with van der Waals surface area (Å²) in [6.07, 6.45) is 1.31. The van der Waals surface area contributed by atoms with Gasteiger partial charge in [-0.3, -0.25) is 9.48 Å². The van der Waals surface area contributed by atoms with E-state index in [4.69, 9.17) is 16.3 Å². The van der Waals surface area contributed by atoms with Crippen molar-refractivity contribution >= 4 is 23.3 Å². The first-order valence-electron chi connectivity index (χ1n) is 9.94. The van der Waals surface area contributed by atoms with Gasteiger partial charge in [0.05, 0.1) is 12.1 Å². The van der Waals surface area contributed by atoms with Crippen LogP contribution in [0.5, 0.6) is 5.75 Å². The van der Waals surface area contributed by atoms with Crippen LogP contribution >= 0.6 is 11.6 Å². The Bertz CT molecular complexity index is 1320. The number of nitrogens with one attached hydrogen (secondary N) is 1. The Kier molecular flexibility index (Phi) is 6.83. The zero-order valence-corrected chi connectivity index (χ0v) is 18.1. The van der Waals surface area contributed by atoms with Gasteiger partial charge in [0, 0.05) is 28.9 Å². The van der Waals surface area contributed by atoms with Gasteiger partial charge in [-0.25, -0.2) is 17.6 Å². The number of carbonyl (C=O) groups excluding carboxylic acids is 1. The molecule has 1 heterocycles. The molecule has 0 spiro atoms. The van der Waals surface area contributed by atoms with Crippen LogP contribution < -0.4 is 10.1 Å². The molecule has 0 bridgehead atoms. The molecule has 1 aromatic heterocycles. The van der Waals surface area contributed by atoms with E-state index in [1.54, 1.807) is 48.5 Å². The van der Waals surface area contributed by atoms with Crippen molar-refractivity contribution < 1.29 is 27.1 Å². The van der Waals surface area contributed by atoms with Crippen molar-refractivity contribution in [3.63, 3.8) is 0 Å². The summed E-state index contributed by atoms with van der Waals surface area (Å²) in [5.41, 5.74) is 0.353. The molecule has 0 radical (unpaired) electrons. The second-order valence-corrected chi connectivity index (χ2v) is 7.68. The lowest BCUT2D eigenvalue weighted by atomic mass is 10.1. The second-order valence-electron chi connectivity index (χ2n) is 7.24. The van der Waals surface area contributed by atoms with Crippen LogP contribution in [0.3, 0.4) is 0 Å². The van der Waals surface area contributed by atoms with Crippen LogP contribution in [-0.2, 0) is 13.2 Å². The normalized spacial score (nSPS) is 10.9. The summed E-state index contributed by atoms with van der Waals surface area (Å²) in [5.74, 6) is -5.77. The SMILES string of the molecule is O=C(Nc1ccn(Cc2c(F)c(F)cc(F)c2F)n1)c1ccc(COc2cccc(Cl)c2)cc1. The molecule has 3 aromatic carbocycles. The van der Waals surface area contributed by atoms with E-state index in [1.165, 1.54) is 12.3 Å². The van der Waals surface area contributed by atoms with E-state index in [0.29, 0.717) is 16.3 Å². The van der Waals surface area contributed by atoms with E-state index in [2.05, 4.69) is 10.4 Å². The predicted molar refractivity (Wildman–Crippen MR) is 118 cm³/mol. The van der Waals surface area contributed by atoms with Gasteiger partial charge in [-0.2, -0.15) is 5.10 Å². The number of hydrogen-bond acceptors (Lipinski definition) is 3. The van der Waals surface area contributed by atoms with Crippen LogP contribution in [0.15, 0.2) is 66.9 Å². The summed E-state index contributed by atoms with van der Waals surface area (Å²) in [4.78, 5) is 12.5. The summed E-state index contributed by atoms with van der Waals surface area (Å²) in [6.45, 7) is -0.288. The van der Waals surface area contributed by atoms with Crippen molar-refractivity contribution in [1.82, 2.24) is 9.78 Å². The lowest BCUT2D eigenvalue weighted by Gasteiger charge is -2.08. The van der Waals surface area contributed by atoms with Crippen molar-refractivity contribution in [3.05, 3.63) is 112 Å². The summed E-state index contributed by atoms with van der Waals surface area (Å²) >= 11 is 5.92. The summed E-state index contributed by atoms with van der Waals surface area (Å²) < 4.78 is 61.2. The van der Waals surface area contributed by atoms with Gasteiger partial charge in [0.2, 0.25) is 0 Å². The van der Waals surface area contributed by atoms with E-state index < -0.39 is 41.3 Å². The van der Waals surface area contributed by atoms with Crippen LogP contribution in [0.1, 0.15) is 21.5 Å². The minimum atomic E-state index is -1.50. The largest absolute Gasteiger partial charge is 0.489 e. The Morgan fingerprint density at radius 3 is 2.35 bits per heavy atom. The maximum Gasteiger partial charge on any atom is 0.256 e. The molecule has 0 saturated carbocycles. The fourth-order valence-corrected chi connectivity index (χ4v) is 3.28. The zero-order valence-electron chi connectivity index (χ0n) is 17.4. The first-order chi connectivity index (χ1) is 16.3.